The number of aromatic nitrogens is 2. The fourth-order valence-corrected chi connectivity index (χ4v) is 4.10. The first-order valence-electron chi connectivity index (χ1n) is 10.8. The van der Waals surface area contributed by atoms with Crippen molar-refractivity contribution < 1.29 is 22.7 Å². The lowest BCUT2D eigenvalue weighted by molar-refractivity contribution is -0.135. The highest BCUT2D eigenvalue weighted by Crippen LogP contribution is 2.24. The van der Waals surface area contributed by atoms with Crippen LogP contribution in [-0.4, -0.2) is 48.6 Å². The van der Waals surface area contributed by atoms with E-state index in [1.54, 1.807) is 50.2 Å². The van der Waals surface area contributed by atoms with Crippen LogP contribution >= 0.6 is 0 Å². The molecule has 0 radical (unpaired) electrons. The van der Waals surface area contributed by atoms with Crippen LogP contribution in [0, 0.1) is 6.92 Å². The van der Waals surface area contributed by atoms with E-state index >= 15 is 0 Å². The van der Waals surface area contributed by atoms with Gasteiger partial charge in [-0.25, -0.2) is 27.9 Å². The van der Waals surface area contributed by atoms with Gasteiger partial charge in [0, 0.05) is 11.9 Å². The second kappa shape index (κ2) is 10.4. The van der Waals surface area contributed by atoms with Crippen LogP contribution in [0.3, 0.4) is 0 Å². The maximum atomic E-state index is 13.0. The molecule has 0 bridgehead atoms. The van der Waals surface area contributed by atoms with Crippen LogP contribution in [0.1, 0.15) is 12.6 Å². The van der Waals surface area contributed by atoms with Crippen molar-refractivity contribution in [2.45, 2.75) is 24.8 Å². The second-order valence-electron chi connectivity index (χ2n) is 7.43. The Hall–Kier alpha value is -4.52. The Bertz CT molecular complexity index is 1440. The summed E-state index contributed by atoms with van der Waals surface area (Å²) in [7, 11) is -3.94. The third-order valence-electron chi connectivity index (χ3n) is 4.85. The number of benzene rings is 2. The van der Waals surface area contributed by atoms with Crippen molar-refractivity contribution in [3.8, 4) is 0 Å². The topological polar surface area (TPSA) is 156 Å². The molecule has 1 N–H and O–H groups in total. The first-order valence-corrected chi connectivity index (χ1v) is 12.2. The van der Waals surface area contributed by atoms with Gasteiger partial charge >= 0.3 is 5.97 Å². The summed E-state index contributed by atoms with van der Waals surface area (Å²) in [6, 6.07) is 14.4. The van der Waals surface area contributed by atoms with Crippen molar-refractivity contribution in [3.63, 3.8) is 0 Å². The Kier molecular flexibility index (Phi) is 7.10. The molecule has 0 saturated carbocycles. The molecule has 1 amide bonds. The maximum Gasteiger partial charge on any atom is 0.357 e. The molecule has 3 aromatic rings. The molecule has 1 atom stereocenters. The number of hydrogen-bond acceptors (Lipinski definition) is 10. The molecule has 1 aliphatic heterocycles. The molecule has 13 heteroatoms. The molecule has 2 aromatic carbocycles. The van der Waals surface area contributed by atoms with Crippen molar-refractivity contribution in [1.29, 1.82) is 0 Å². The summed E-state index contributed by atoms with van der Waals surface area (Å²) in [6.45, 7) is 3.45. The van der Waals surface area contributed by atoms with E-state index in [0.717, 1.165) is 5.01 Å². The Morgan fingerprint density at radius 1 is 1.11 bits per heavy atom. The highest BCUT2D eigenvalue weighted by molar-refractivity contribution is 7.92. The van der Waals surface area contributed by atoms with E-state index in [0.29, 0.717) is 11.4 Å². The number of carbonyl (C=O) groups excluding carboxylic acids is 2. The summed E-state index contributed by atoms with van der Waals surface area (Å²) in [5.74, 6) is -1.40. The minimum Gasteiger partial charge on any atom is -0.461 e. The molecular formula is C23H21N7O5S. The van der Waals surface area contributed by atoms with E-state index < -0.39 is 27.9 Å². The predicted octanol–water partition coefficient (Wildman–Crippen LogP) is 3.00. The third kappa shape index (κ3) is 5.41. The summed E-state index contributed by atoms with van der Waals surface area (Å²) in [5.41, 5.74) is 1.13. The van der Waals surface area contributed by atoms with Gasteiger partial charge in [0.1, 0.15) is 0 Å². The molecule has 0 aliphatic carbocycles. The number of sulfonamides is 1. The van der Waals surface area contributed by atoms with Crippen molar-refractivity contribution in [2.24, 2.45) is 15.3 Å². The maximum absolute atomic E-state index is 13.0. The Labute approximate surface area is 206 Å². The molecule has 184 valence electrons. The van der Waals surface area contributed by atoms with Gasteiger partial charge in [0.05, 0.1) is 22.9 Å². The summed E-state index contributed by atoms with van der Waals surface area (Å²) in [5, 5.41) is 13.2. The minimum atomic E-state index is -3.94. The Balaban J connectivity index is 1.54. The average molecular weight is 508 g/mol. The number of aryl methyl sites for hydroxylation is 1. The van der Waals surface area contributed by atoms with Crippen LogP contribution in [0.2, 0.25) is 0 Å². The quantitative estimate of drug-likeness (QED) is 0.363. The van der Waals surface area contributed by atoms with E-state index in [4.69, 9.17) is 4.74 Å². The number of para-hydroxylation sites is 1. The zero-order valence-corrected chi connectivity index (χ0v) is 20.1. The standard InChI is InChI=1S/C23H21N7O5S/c1-3-35-22(32)20-19(21(31)30(28-20)17-7-5-4-6-8-17)27-26-16-9-11-18(12-10-16)36(33,34)29-23-24-14-13-15(2)25-23/h4-14,19H,3H2,1-2H3,(H,24,25,29)/t19-/m0/s1. The highest BCUT2D eigenvalue weighted by atomic mass is 32.2. The molecule has 0 fully saturated rings. The predicted molar refractivity (Wildman–Crippen MR) is 130 cm³/mol. The molecule has 0 unspecified atom stereocenters. The number of nitrogens with one attached hydrogen (secondary N) is 1. The van der Waals surface area contributed by atoms with E-state index in [2.05, 4.69) is 30.0 Å². The zero-order valence-electron chi connectivity index (χ0n) is 19.3. The van der Waals surface area contributed by atoms with Crippen molar-refractivity contribution in [1.82, 2.24) is 9.97 Å². The lowest BCUT2D eigenvalue weighted by Crippen LogP contribution is -2.33. The number of amides is 1. The molecule has 1 aliphatic rings. The summed E-state index contributed by atoms with van der Waals surface area (Å²) >= 11 is 0. The van der Waals surface area contributed by atoms with Crippen LogP contribution in [0.5, 0.6) is 0 Å². The Morgan fingerprint density at radius 3 is 2.50 bits per heavy atom. The van der Waals surface area contributed by atoms with Crippen molar-refractivity contribution >= 4 is 44.9 Å². The molecule has 4 rings (SSSR count). The molecule has 36 heavy (non-hydrogen) atoms. The van der Waals surface area contributed by atoms with Gasteiger partial charge in [-0.3, -0.25) is 4.79 Å². The van der Waals surface area contributed by atoms with Crippen LogP contribution in [0.25, 0.3) is 0 Å². The molecular weight excluding hydrogens is 486 g/mol. The van der Waals surface area contributed by atoms with Crippen molar-refractivity contribution in [2.75, 3.05) is 16.3 Å². The minimum absolute atomic E-state index is 0.0486. The summed E-state index contributed by atoms with van der Waals surface area (Å²) in [6.07, 6.45) is 1.45. The van der Waals surface area contributed by atoms with Gasteiger partial charge in [-0.2, -0.15) is 20.3 Å². The van der Waals surface area contributed by atoms with Gasteiger partial charge in [0.2, 0.25) is 12.0 Å². The summed E-state index contributed by atoms with van der Waals surface area (Å²) < 4.78 is 32.6. The van der Waals surface area contributed by atoms with Gasteiger partial charge < -0.3 is 4.74 Å². The number of rotatable bonds is 8. The molecule has 0 saturated heterocycles. The molecule has 2 heterocycles. The highest BCUT2D eigenvalue weighted by Gasteiger charge is 2.41. The van der Waals surface area contributed by atoms with Gasteiger partial charge in [-0.1, -0.05) is 18.2 Å². The smallest absolute Gasteiger partial charge is 0.357 e. The number of carbonyl (C=O) groups is 2. The van der Waals surface area contributed by atoms with E-state index in [1.165, 1.54) is 30.5 Å². The zero-order chi connectivity index (χ0) is 25.7. The van der Waals surface area contributed by atoms with Gasteiger partial charge in [0.25, 0.3) is 15.9 Å². The van der Waals surface area contributed by atoms with Crippen molar-refractivity contribution in [3.05, 3.63) is 72.6 Å². The molecule has 0 spiro atoms. The summed E-state index contributed by atoms with van der Waals surface area (Å²) in [4.78, 5) is 33.2. The Morgan fingerprint density at radius 2 is 1.83 bits per heavy atom. The monoisotopic (exact) mass is 507 g/mol. The number of nitrogens with zero attached hydrogens (tertiary/aromatic N) is 6. The third-order valence-corrected chi connectivity index (χ3v) is 6.19. The number of esters is 1. The number of hydrogen-bond donors (Lipinski definition) is 1. The molecule has 12 nitrogen and oxygen atoms in total. The van der Waals surface area contributed by atoms with E-state index in [1.807, 2.05) is 0 Å². The average Bonchev–Trinajstić information content (AvgIpc) is 3.19. The van der Waals surface area contributed by atoms with E-state index in [9.17, 15) is 18.0 Å². The number of ether oxygens (including phenoxy) is 1. The fourth-order valence-electron chi connectivity index (χ4n) is 3.15. The normalized spacial score (nSPS) is 15.7. The largest absolute Gasteiger partial charge is 0.461 e. The number of hydrazone groups is 1. The van der Waals surface area contributed by atoms with Crippen LogP contribution in [0.4, 0.5) is 17.3 Å². The molecule has 1 aromatic heterocycles. The van der Waals surface area contributed by atoms with Crippen LogP contribution in [-0.2, 0) is 24.3 Å². The SMILES string of the molecule is CCOC(=O)C1=NN(c2ccccc2)C(=O)[C@H]1N=Nc1ccc(S(=O)(=O)Nc2nccc(C)n2)cc1. The number of anilines is 2. The second-order valence-corrected chi connectivity index (χ2v) is 9.11. The fraction of sp³-hybridized carbons (Fsp3) is 0.174. The van der Waals surface area contributed by atoms with E-state index in [-0.39, 0.29) is 28.8 Å². The first-order chi connectivity index (χ1) is 17.3. The number of azo groups is 1. The van der Waals surface area contributed by atoms with Crippen LogP contribution in [0.15, 0.2) is 87.1 Å². The van der Waals surface area contributed by atoms with Gasteiger partial charge in [0.15, 0.2) is 5.71 Å². The van der Waals surface area contributed by atoms with Gasteiger partial charge in [-0.15, -0.1) is 0 Å². The lowest BCUT2D eigenvalue weighted by atomic mass is 10.2. The van der Waals surface area contributed by atoms with Gasteiger partial charge in [-0.05, 0) is 56.3 Å². The first kappa shape index (κ1) is 24.6. The van der Waals surface area contributed by atoms with Crippen LogP contribution < -0.4 is 9.73 Å². The lowest BCUT2D eigenvalue weighted by Gasteiger charge is -2.11.